The van der Waals surface area contributed by atoms with Gasteiger partial charge >= 0.3 is 0 Å². The van der Waals surface area contributed by atoms with Gasteiger partial charge in [0, 0.05) is 43.0 Å². The van der Waals surface area contributed by atoms with Crippen molar-refractivity contribution in [1.29, 1.82) is 0 Å². The SMILES string of the molecule is CCCNC(Cc1cc(C)nn1CC)c1cnn(C)c1C. The van der Waals surface area contributed by atoms with Crippen molar-refractivity contribution in [3.63, 3.8) is 0 Å². The van der Waals surface area contributed by atoms with Crippen LogP contribution in [0.1, 0.15) is 49.0 Å². The molecule has 0 amide bonds. The van der Waals surface area contributed by atoms with Crippen molar-refractivity contribution >= 4 is 0 Å². The maximum absolute atomic E-state index is 4.55. The number of nitrogens with zero attached hydrogens (tertiary/aromatic N) is 4. The van der Waals surface area contributed by atoms with Gasteiger partial charge in [0.25, 0.3) is 0 Å². The van der Waals surface area contributed by atoms with E-state index in [0.29, 0.717) is 6.04 Å². The van der Waals surface area contributed by atoms with Gasteiger partial charge < -0.3 is 5.32 Å². The molecular weight excluding hydrogens is 262 g/mol. The second kappa shape index (κ2) is 6.89. The van der Waals surface area contributed by atoms with Gasteiger partial charge in [-0.3, -0.25) is 9.36 Å². The van der Waals surface area contributed by atoms with Crippen LogP contribution in [0.25, 0.3) is 0 Å². The summed E-state index contributed by atoms with van der Waals surface area (Å²) in [4.78, 5) is 0. The lowest BCUT2D eigenvalue weighted by molar-refractivity contribution is 0.500. The highest BCUT2D eigenvalue weighted by atomic mass is 15.3. The number of aromatic nitrogens is 4. The van der Waals surface area contributed by atoms with Crippen LogP contribution in [0.3, 0.4) is 0 Å². The van der Waals surface area contributed by atoms with Gasteiger partial charge in [-0.15, -0.1) is 0 Å². The molecule has 0 bridgehead atoms. The molecule has 2 aromatic heterocycles. The Labute approximate surface area is 127 Å². The lowest BCUT2D eigenvalue weighted by Gasteiger charge is -2.19. The van der Waals surface area contributed by atoms with Crippen LogP contribution in [-0.2, 0) is 20.0 Å². The lowest BCUT2D eigenvalue weighted by Crippen LogP contribution is -2.25. The zero-order valence-electron chi connectivity index (χ0n) is 13.8. The Morgan fingerprint density at radius 2 is 2.05 bits per heavy atom. The average Bonchev–Trinajstić information content (AvgIpc) is 2.98. The molecule has 1 N–H and O–H groups in total. The largest absolute Gasteiger partial charge is 0.309 e. The normalized spacial score (nSPS) is 12.8. The van der Waals surface area contributed by atoms with Gasteiger partial charge in [0.05, 0.1) is 11.9 Å². The Bertz CT molecular complexity index is 582. The van der Waals surface area contributed by atoms with Gasteiger partial charge in [-0.2, -0.15) is 10.2 Å². The van der Waals surface area contributed by atoms with E-state index in [0.717, 1.165) is 31.6 Å². The Morgan fingerprint density at radius 3 is 2.62 bits per heavy atom. The van der Waals surface area contributed by atoms with Gasteiger partial charge in [-0.1, -0.05) is 6.92 Å². The molecule has 0 saturated heterocycles. The van der Waals surface area contributed by atoms with Gasteiger partial charge in [0.15, 0.2) is 0 Å². The van der Waals surface area contributed by atoms with Crippen LogP contribution < -0.4 is 5.32 Å². The summed E-state index contributed by atoms with van der Waals surface area (Å²) in [6.07, 6.45) is 4.06. The van der Waals surface area contributed by atoms with E-state index < -0.39 is 0 Å². The van der Waals surface area contributed by atoms with Gasteiger partial charge in [0.1, 0.15) is 0 Å². The van der Waals surface area contributed by atoms with Crippen molar-refractivity contribution in [2.45, 2.75) is 53.1 Å². The Kier molecular flexibility index (Phi) is 5.17. The first-order valence-corrected chi connectivity index (χ1v) is 7.82. The van der Waals surface area contributed by atoms with Crippen LogP contribution in [-0.4, -0.2) is 26.1 Å². The van der Waals surface area contributed by atoms with Crippen molar-refractivity contribution in [2.75, 3.05) is 6.54 Å². The summed E-state index contributed by atoms with van der Waals surface area (Å²) in [7, 11) is 2.00. The smallest absolute Gasteiger partial charge is 0.0596 e. The van der Waals surface area contributed by atoms with E-state index in [4.69, 9.17) is 0 Å². The molecule has 0 aromatic carbocycles. The van der Waals surface area contributed by atoms with E-state index >= 15 is 0 Å². The van der Waals surface area contributed by atoms with Crippen molar-refractivity contribution in [3.8, 4) is 0 Å². The third-order valence-electron chi connectivity index (χ3n) is 3.99. The molecule has 5 nitrogen and oxygen atoms in total. The molecular formula is C16H27N5. The molecule has 0 spiro atoms. The minimum absolute atomic E-state index is 0.292. The van der Waals surface area contributed by atoms with Crippen LogP contribution >= 0.6 is 0 Å². The Morgan fingerprint density at radius 1 is 1.29 bits per heavy atom. The first kappa shape index (κ1) is 15.8. The minimum atomic E-state index is 0.292. The molecule has 0 radical (unpaired) electrons. The van der Waals surface area contributed by atoms with Crippen molar-refractivity contribution in [2.24, 2.45) is 7.05 Å². The fourth-order valence-electron chi connectivity index (χ4n) is 2.71. The van der Waals surface area contributed by atoms with E-state index in [9.17, 15) is 0 Å². The molecule has 0 aliphatic rings. The Hall–Kier alpha value is -1.62. The summed E-state index contributed by atoms with van der Waals surface area (Å²) in [6, 6.07) is 2.48. The second-order valence-electron chi connectivity index (χ2n) is 5.61. The Balaban J connectivity index is 2.25. The van der Waals surface area contributed by atoms with Gasteiger partial charge in [0.2, 0.25) is 0 Å². The summed E-state index contributed by atoms with van der Waals surface area (Å²) in [6.45, 7) is 10.4. The zero-order chi connectivity index (χ0) is 15.4. The van der Waals surface area contributed by atoms with E-state index in [-0.39, 0.29) is 0 Å². The molecule has 2 aromatic rings. The molecule has 0 aliphatic carbocycles. The van der Waals surface area contributed by atoms with Crippen molar-refractivity contribution in [1.82, 2.24) is 24.9 Å². The number of aryl methyl sites for hydroxylation is 3. The molecule has 2 heterocycles. The number of hydrogen-bond acceptors (Lipinski definition) is 3. The van der Waals surface area contributed by atoms with E-state index in [2.05, 4.69) is 54.0 Å². The quantitative estimate of drug-likeness (QED) is 0.852. The fourth-order valence-corrected chi connectivity index (χ4v) is 2.71. The highest BCUT2D eigenvalue weighted by molar-refractivity contribution is 5.23. The van der Waals surface area contributed by atoms with Crippen LogP contribution in [0, 0.1) is 13.8 Å². The summed E-state index contributed by atoms with van der Waals surface area (Å²) >= 11 is 0. The number of nitrogens with one attached hydrogen (secondary N) is 1. The van der Waals surface area contributed by atoms with Crippen molar-refractivity contribution < 1.29 is 0 Å². The maximum Gasteiger partial charge on any atom is 0.0596 e. The lowest BCUT2D eigenvalue weighted by atomic mass is 10.0. The predicted molar refractivity (Wildman–Crippen MR) is 85.3 cm³/mol. The maximum atomic E-state index is 4.55. The van der Waals surface area contributed by atoms with E-state index in [1.807, 2.05) is 17.9 Å². The molecule has 0 saturated carbocycles. The fraction of sp³-hybridized carbons (Fsp3) is 0.625. The molecule has 0 fully saturated rings. The van der Waals surface area contributed by atoms with Gasteiger partial charge in [-0.05, 0) is 39.8 Å². The van der Waals surface area contributed by atoms with Crippen LogP contribution in [0.5, 0.6) is 0 Å². The zero-order valence-corrected chi connectivity index (χ0v) is 13.8. The summed E-state index contributed by atoms with van der Waals surface area (Å²) < 4.78 is 4.04. The van der Waals surface area contributed by atoms with Crippen LogP contribution in [0.15, 0.2) is 12.3 Å². The second-order valence-corrected chi connectivity index (χ2v) is 5.61. The number of rotatable bonds is 7. The van der Waals surface area contributed by atoms with Gasteiger partial charge in [-0.25, -0.2) is 0 Å². The first-order chi connectivity index (χ1) is 10.1. The summed E-state index contributed by atoms with van der Waals surface area (Å²) in [5, 5.41) is 12.6. The molecule has 1 atom stereocenters. The molecule has 5 heteroatoms. The summed E-state index contributed by atoms with van der Waals surface area (Å²) in [5.74, 6) is 0. The monoisotopic (exact) mass is 289 g/mol. The minimum Gasteiger partial charge on any atom is -0.309 e. The third kappa shape index (κ3) is 3.53. The first-order valence-electron chi connectivity index (χ1n) is 7.82. The van der Waals surface area contributed by atoms with E-state index in [1.54, 1.807) is 0 Å². The highest BCUT2D eigenvalue weighted by Gasteiger charge is 2.18. The van der Waals surface area contributed by atoms with Crippen molar-refractivity contribution in [3.05, 3.63) is 34.9 Å². The predicted octanol–water partition coefficient (Wildman–Crippen LogP) is 2.54. The molecule has 1 unspecified atom stereocenters. The standard InChI is InChI=1S/C16H27N5/c1-6-8-17-16(15-11-18-20(5)13(15)4)10-14-9-12(3)19-21(14)7-2/h9,11,16-17H,6-8,10H2,1-5H3. The average molecular weight is 289 g/mol. The van der Waals surface area contributed by atoms with E-state index in [1.165, 1.54) is 17.0 Å². The molecule has 0 aliphatic heterocycles. The van der Waals surface area contributed by atoms with Crippen LogP contribution in [0.2, 0.25) is 0 Å². The third-order valence-corrected chi connectivity index (χ3v) is 3.99. The number of hydrogen-bond donors (Lipinski definition) is 1. The summed E-state index contributed by atoms with van der Waals surface area (Å²) in [5.41, 5.74) is 4.88. The molecule has 2 rings (SSSR count). The van der Waals surface area contributed by atoms with Crippen LogP contribution in [0.4, 0.5) is 0 Å². The highest BCUT2D eigenvalue weighted by Crippen LogP contribution is 2.22. The molecule has 116 valence electrons. The topological polar surface area (TPSA) is 47.7 Å². The molecule has 21 heavy (non-hydrogen) atoms.